The van der Waals surface area contributed by atoms with E-state index in [9.17, 15) is 4.79 Å². The zero-order valence-corrected chi connectivity index (χ0v) is 11.5. The molecule has 0 saturated carbocycles. The molecule has 0 aliphatic rings. The van der Waals surface area contributed by atoms with E-state index in [2.05, 4.69) is 18.2 Å². The van der Waals surface area contributed by atoms with E-state index in [0.29, 0.717) is 4.88 Å². The van der Waals surface area contributed by atoms with Crippen molar-refractivity contribution in [1.29, 1.82) is 0 Å². The van der Waals surface area contributed by atoms with E-state index in [1.165, 1.54) is 11.3 Å². The molecule has 0 aromatic carbocycles. The molecular formula is C11H17NO2S2. The number of hydrogen-bond acceptors (Lipinski definition) is 4. The molecule has 0 aliphatic heterocycles. The van der Waals surface area contributed by atoms with Crippen LogP contribution in [0.25, 0.3) is 0 Å². The molecule has 0 atom stereocenters. The lowest BCUT2D eigenvalue weighted by Gasteiger charge is -2.15. The van der Waals surface area contributed by atoms with Gasteiger partial charge >= 0.3 is 5.97 Å². The van der Waals surface area contributed by atoms with Gasteiger partial charge in [-0.3, -0.25) is 0 Å². The summed E-state index contributed by atoms with van der Waals surface area (Å²) in [5, 5.41) is 8.89. The van der Waals surface area contributed by atoms with Crippen molar-refractivity contribution >= 4 is 29.1 Å². The molecule has 16 heavy (non-hydrogen) atoms. The summed E-state index contributed by atoms with van der Waals surface area (Å²) in [6.07, 6.45) is 2.09. The molecule has 0 saturated heterocycles. The standard InChI is InChI=1S/C11H17NO2S2/c1-8-9(6-10(16-8)11(13)14)7-12(2)4-5-15-3/h6H,4-5,7H2,1-3H3,(H,13,14). The Labute approximate surface area is 104 Å². The molecule has 0 fully saturated rings. The van der Waals surface area contributed by atoms with Crippen LogP contribution in [0.2, 0.25) is 0 Å². The van der Waals surface area contributed by atoms with Crippen LogP contribution in [0.4, 0.5) is 0 Å². The summed E-state index contributed by atoms with van der Waals surface area (Å²) in [6.45, 7) is 3.84. The second kappa shape index (κ2) is 6.27. The van der Waals surface area contributed by atoms with E-state index in [0.717, 1.165) is 29.3 Å². The van der Waals surface area contributed by atoms with Crippen molar-refractivity contribution in [2.24, 2.45) is 0 Å². The van der Waals surface area contributed by atoms with Gasteiger partial charge in [-0.25, -0.2) is 4.79 Å². The van der Waals surface area contributed by atoms with Gasteiger partial charge in [0, 0.05) is 23.7 Å². The predicted molar refractivity (Wildman–Crippen MR) is 70.7 cm³/mol. The van der Waals surface area contributed by atoms with Crippen molar-refractivity contribution in [3.63, 3.8) is 0 Å². The van der Waals surface area contributed by atoms with Gasteiger partial charge in [0.25, 0.3) is 0 Å². The largest absolute Gasteiger partial charge is 0.477 e. The number of aromatic carboxylic acids is 1. The average molecular weight is 259 g/mol. The highest BCUT2D eigenvalue weighted by molar-refractivity contribution is 7.98. The zero-order valence-electron chi connectivity index (χ0n) is 9.82. The number of thioether (sulfide) groups is 1. The number of thiophene rings is 1. The van der Waals surface area contributed by atoms with Gasteiger partial charge in [-0.2, -0.15) is 11.8 Å². The van der Waals surface area contributed by atoms with Crippen LogP contribution in [-0.4, -0.2) is 41.6 Å². The number of carboxylic acid groups (broad SMARTS) is 1. The first-order valence-electron chi connectivity index (χ1n) is 5.04. The van der Waals surface area contributed by atoms with Gasteiger partial charge in [-0.05, 0) is 31.9 Å². The van der Waals surface area contributed by atoms with E-state index < -0.39 is 5.97 Å². The summed E-state index contributed by atoms with van der Waals surface area (Å²) in [5.41, 5.74) is 1.13. The minimum Gasteiger partial charge on any atom is -0.477 e. The second-order valence-corrected chi connectivity index (χ2v) is 5.97. The fourth-order valence-corrected chi connectivity index (χ4v) is 2.77. The summed E-state index contributed by atoms with van der Waals surface area (Å²) in [6, 6.07) is 1.79. The van der Waals surface area contributed by atoms with E-state index in [-0.39, 0.29) is 0 Å². The van der Waals surface area contributed by atoms with Crippen LogP contribution in [0.1, 0.15) is 20.1 Å². The highest BCUT2D eigenvalue weighted by atomic mass is 32.2. The van der Waals surface area contributed by atoms with Gasteiger partial charge in [0.15, 0.2) is 0 Å². The van der Waals surface area contributed by atoms with Gasteiger partial charge in [-0.15, -0.1) is 11.3 Å². The van der Waals surface area contributed by atoms with Crippen LogP contribution in [0.5, 0.6) is 0 Å². The van der Waals surface area contributed by atoms with Crippen LogP contribution in [0.15, 0.2) is 6.07 Å². The van der Waals surface area contributed by atoms with E-state index in [1.54, 1.807) is 6.07 Å². The average Bonchev–Trinajstić information content (AvgIpc) is 2.57. The monoisotopic (exact) mass is 259 g/mol. The number of nitrogens with zero attached hydrogens (tertiary/aromatic N) is 1. The Morgan fingerprint density at radius 2 is 2.31 bits per heavy atom. The topological polar surface area (TPSA) is 40.5 Å². The summed E-state index contributed by atoms with van der Waals surface area (Å²) >= 11 is 3.18. The summed E-state index contributed by atoms with van der Waals surface area (Å²) in [7, 11) is 2.06. The SMILES string of the molecule is CSCCN(C)Cc1cc(C(=O)O)sc1C. The minimum absolute atomic E-state index is 0.436. The molecular weight excluding hydrogens is 242 g/mol. The lowest BCUT2D eigenvalue weighted by atomic mass is 10.2. The Balaban J connectivity index is 2.62. The maximum Gasteiger partial charge on any atom is 0.345 e. The Hall–Kier alpha value is -0.520. The number of rotatable bonds is 6. The molecule has 0 spiro atoms. The van der Waals surface area contributed by atoms with Gasteiger partial charge in [0.2, 0.25) is 0 Å². The van der Waals surface area contributed by atoms with Crippen molar-refractivity contribution in [3.05, 3.63) is 21.4 Å². The molecule has 1 aromatic heterocycles. The number of carboxylic acids is 1. The Bertz CT molecular complexity index is 363. The number of hydrogen-bond donors (Lipinski definition) is 1. The molecule has 1 rings (SSSR count). The highest BCUT2D eigenvalue weighted by Crippen LogP contribution is 2.22. The molecule has 0 radical (unpaired) electrons. The third-order valence-electron chi connectivity index (χ3n) is 2.35. The molecule has 1 N–H and O–H groups in total. The first kappa shape index (κ1) is 13.5. The molecule has 3 nitrogen and oxygen atoms in total. The van der Waals surface area contributed by atoms with Crippen molar-refractivity contribution < 1.29 is 9.90 Å². The second-order valence-electron chi connectivity index (χ2n) is 3.73. The highest BCUT2D eigenvalue weighted by Gasteiger charge is 2.12. The molecule has 0 amide bonds. The maximum atomic E-state index is 10.8. The predicted octanol–water partition coefficient (Wildman–Crippen LogP) is 2.55. The first-order chi connectivity index (χ1) is 7.54. The normalized spacial score (nSPS) is 11.0. The number of aryl methyl sites for hydroxylation is 1. The van der Waals surface area contributed by atoms with Crippen LogP contribution < -0.4 is 0 Å². The van der Waals surface area contributed by atoms with Crippen molar-refractivity contribution in [3.8, 4) is 0 Å². The van der Waals surface area contributed by atoms with Gasteiger partial charge in [0.1, 0.15) is 4.88 Å². The fraction of sp³-hybridized carbons (Fsp3) is 0.545. The lowest BCUT2D eigenvalue weighted by molar-refractivity contribution is 0.0702. The molecule has 90 valence electrons. The van der Waals surface area contributed by atoms with Crippen molar-refractivity contribution in [1.82, 2.24) is 4.90 Å². The first-order valence-corrected chi connectivity index (χ1v) is 7.25. The third kappa shape index (κ3) is 3.81. The number of carbonyl (C=O) groups is 1. The van der Waals surface area contributed by atoms with E-state index >= 15 is 0 Å². The van der Waals surface area contributed by atoms with Gasteiger partial charge < -0.3 is 10.0 Å². The Morgan fingerprint density at radius 1 is 1.62 bits per heavy atom. The van der Waals surface area contributed by atoms with Crippen LogP contribution >= 0.6 is 23.1 Å². The van der Waals surface area contributed by atoms with Crippen molar-refractivity contribution in [2.45, 2.75) is 13.5 Å². The van der Waals surface area contributed by atoms with Crippen molar-refractivity contribution in [2.75, 3.05) is 25.6 Å². The summed E-state index contributed by atoms with van der Waals surface area (Å²) in [4.78, 5) is 14.6. The molecule has 0 aliphatic carbocycles. The lowest BCUT2D eigenvalue weighted by Crippen LogP contribution is -2.20. The van der Waals surface area contributed by atoms with Gasteiger partial charge in [0.05, 0.1) is 0 Å². The molecule has 1 aromatic rings. The maximum absolute atomic E-state index is 10.8. The van der Waals surface area contributed by atoms with E-state index in [1.807, 2.05) is 18.7 Å². The molecule has 0 unspecified atom stereocenters. The Morgan fingerprint density at radius 3 is 2.81 bits per heavy atom. The van der Waals surface area contributed by atoms with Gasteiger partial charge in [-0.1, -0.05) is 0 Å². The third-order valence-corrected chi connectivity index (χ3v) is 4.02. The zero-order chi connectivity index (χ0) is 12.1. The quantitative estimate of drug-likeness (QED) is 0.852. The molecule has 0 bridgehead atoms. The smallest absolute Gasteiger partial charge is 0.345 e. The van der Waals surface area contributed by atoms with E-state index in [4.69, 9.17) is 5.11 Å². The summed E-state index contributed by atoms with van der Waals surface area (Å²) < 4.78 is 0. The fourth-order valence-electron chi connectivity index (χ4n) is 1.40. The Kier molecular flexibility index (Phi) is 5.31. The minimum atomic E-state index is -0.828. The van der Waals surface area contributed by atoms with Crippen LogP contribution in [-0.2, 0) is 6.54 Å². The van der Waals surface area contributed by atoms with Crippen LogP contribution in [0.3, 0.4) is 0 Å². The summed E-state index contributed by atoms with van der Waals surface area (Å²) in [5.74, 6) is 0.275. The van der Waals surface area contributed by atoms with Crippen LogP contribution in [0, 0.1) is 6.92 Å². The molecule has 5 heteroatoms. The molecule has 1 heterocycles.